The van der Waals surface area contributed by atoms with E-state index < -0.39 is 0 Å². The number of nitrogens with two attached hydrogens (primary N) is 1. The standard InChI is InChI=1S/C10H17IN4/c1-10(2,3)7-6(11)8(12)14-9(13-7)15(4)5/h1-5H3,(H2,12,13,14). The fourth-order valence-electron chi connectivity index (χ4n) is 1.15. The van der Waals surface area contributed by atoms with Crippen LogP contribution in [0.3, 0.4) is 0 Å². The molecule has 0 saturated carbocycles. The molecule has 1 heterocycles. The Bertz CT molecular complexity index is 368. The van der Waals surface area contributed by atoms with Gasteiger partial charge in [0, 0.05) is 19.5 Å². The minimum absolute atomic E-state index is 0.0155. The predicted molar refractivity (Wildman–Crippen MR) is 72.2 cm³/mol. The molecule has 0 radical (unpaired) electrons. The number of rotatable bonds is 1. The molecule has 0 amide bonds. The molecule has 1 aromatic heterocycles. The molecule has 0 spiro atoms. The zero-order valence-electron chi connectivity index (χ0n) is 9.80. The van der Waals surface area contributed by atoms with Crippen molar-refractivity contribution in [1.82, 2.24) is 9.97 Å². The number of hydrogen-bond acceptors (Lipinski definition) is 4. The van der Waals surface area contributed by atoms with Gasteiger partial charge in [0.2, 0.25) is 5.95 Å². The summed E-state index contributed by atoms with van der Waals surface area (Å²) in [5.41, 5.74) is 6.85. The lowest BCUT2D eigenvalue weighted by Gasteiger charge is -2.22. The number of halogens is 1. The molecule has 0 bridgehead atoms. The summed E-state index contributed by atoms with van der Waals surface area (Å²) in [4.78, 5) is 10.6. The lowest BCUT2D eigenvalue weighted by molar-refractivity contribution is 0.563. The van der Waals surface area contributed by atoms with Gasteiger partial charge >= 0.3 is 0 Å². The summed E-state index contributed by atoms with van der Waals surface area (Å²) >= 11 is 2.20. The molecule has 15 heavy (non-hydrogen) atoms. The molecule has 2 N–H and O–H groups in total. The fourth-order valence-corrected chi connectivity index (χ4v) is 2.20. The van der Waals surface area contributed by atoms with E-state index in [9.17, 15) is 0 Å². The molecule has 5 heteroatoms. The Morgan fingerprint density at radius 1 is 1.20 bits per heavy atom. The Morgan fingerprint density at radius 3 is 2.13 bits per heavy atom. The first-order valence-electron chi connectivity index (χ1n) is 4.74. The maximum Gasteiger partial charge on any atom is 0.227 e. The second kappa shape index (κ2) is 4.11. The predicted octanol–water partition coefficient (Wildman–Crippen LogP) is 2.03. The van der Waals surface area contributed by atoms with E-state index in [0.717, 1.165) is 9.26 Å². The van der Waals surface area contributed by atoms with Gasteiger partial charge < -0.3 is 10.6 Å². The number of nitrogen functional groups attached to an aromatic ring is 1. The SMILES string of the molecule is CN(C)c1nc(N)c(I)c(C(C)(C)C)n1. The van der Waals surface area contributed by atoms with Gasteiger partial charge in [-0.15, -0.1) is 0 Å². The Morgan fingerprint density at radius 2 is 1.73 bits per heavy atom. The van der Waals surface area contributed by atoms with Crippen LogP contribution in [-0.2, 0) is 5.41 Å². The summed E-state index contributed by atoms with van der Waals surface area (Å²) < 4.78 is 0.950. The van der Waals surface area contributed by atoms with Crippen LogP contribution in [0.25, 0.3) is 0 Å². The van der Waals surface area contributed by atoms with Gasteiger partial charge in [-0.05, 0) is 22.6 Å². The van der Waals surface area contributed by atoms with Crippen molar-refractivity contribution < 1.29 is 0 Å². The number of anilines is 2. The third kappa shape index (κ3) is 2.70. The number of hydrogen-bond donors (Lipinski definition) is 1. The lowest BCUT2D eigenvalue weighted by Crippen LogP contribution is -2.22. The quantitative estimate of drug-likeness (QED) is 0.805. The van der Waals surface area contributed by atoms with Gasteiger partial charge in [0.25, 0.3) is 0 Å². The normalized spacial score (nSPS) is 11.6. The summed E-state index contributed by atoms with van der Waals surface area (Å²) in [6.45, 7) is 6.36. The summed E-state index contributed by atoms with van der Waals surface area (Å²) in [7, 11) is 3.82. The molecule has 0 aliphatic carbocycles. The topological polar surface area (TPSA) is 55.0 Å². The highest BCUT2D eigenvalue weighted by Crippen LogP contribution is 2.29. The first-order chi connectivity index (χ1) is 6.73. The fraction of sp³-hybridized carbons (Fsp3) is 0.600. The number of aromatic nitrogens is 2. The molecule has 0 unspecified atom stereocenters. The Balaban J connectivity index is 3.38. The Hall–Kier alpha value is -0.590. The van der Waals surface area contributed by atoms with Gasteiger partial charge in [0.1, 0.15) is 5.82 Å². The maximum absolute atomic E-state index is 5.87. The molecule has 0 fully saturated rings. The van der Waals surface area contributed by atoms with Crippen molar-refractivity contribution in [2.45, 2.75) is 26.2 Å². The van der Waals surface area contributed by atoms with E-state index in [1.54, 1.807) is 0 Å². The van der Waals surface area contributed by atoms with E-state index in [2.05, 4.69) is 53.3 Å². The zero-order chi connectivity index (χ0) is 11.8. The summed E-state index contributed by atoms with van der Waals surface area (Å²) in [5, 5.41) is 0. The summed E-state index contributed by atoms with van der Waals surface area (Å²) in [6.07, 6.45) is 0. The van der Waals surface area contributed by atoms with E-state index in [0.29, 0.717) is 11.8 Å². The first-order valence-corrected chi connectivity index (χ1v) is 5.82. The highest BCUT2D eigenvalue weighted by Gasteiger charge is 2.22. The average molecular weight is 320 g/mol. The lowest BCUT2D eigenvalue weighted by atomic mass is 9.92. The third-order valence-corrected chi connectivity index (χ3v) is 3.04. The van der Waals surface area contributed by atoms with Gasteiger partial charge in [-0.3, -0.25) is 0 Å². The maximum atomic E-state index is 5.87. The molecular weight excluding hydrogens is 303 g/mol. The van der Waals surface area contributed by atoms with Crippen LogP contribution >= 0.6 is 22.6 Å². The molecule has 4 nitrogen and oxygen atoms in total. The van der Waals surface area contributed by atoms with Gasteiger partial charge in [-0.2, -0.15) is 4.98 Å². The monoisotopic (exact) mass is 320 g/mol. The van der Waals surface area contributed by atoms with Crippen LogP contribution in [0.5, 0.6) is 0 Å². The summed E-state index contributed by atoms with van der Waals surface area (Å²) in [5.74, 6) is 1.22. The second-order valence-corrected chi connectivity index (χ2v) is 5.79. The van der Waals surface area contributed by atoms with Crippen LogP contribution in [-0.4, -0.2) is 24.1 Å². The molecule has 0 aliphatic heterocycles. The second-order valence-electron chi connectivity index (χ2n) is 4.72. The molecule has 0 saturated heterocycles. The van der Waals surface area contributed by atoms with Gasteiger partial charge in [0.05, 0.1) is 9.26 Å². The van der Waals surface area contributed by atoms with Crippen LogP contribution in [0.2, 0.25) is 0 Å². The Kier molecular flexibility index (Phi) is 3.42. The molecular formula is C10H17IN4. The largest absolute Gasteiger partial charge is 0.383 e. The van der Waals surface area contributed by atoms with Crippen molar-refractivity contribution in [3.63, 3.8) is 0 Å². The highest BCUT2D eigenvalue weighted by molar-refractivity contribution is 14.1. The van der Waals surface area contributed by atoms with Gasteiger partial charge in [-0.1, -0.05) is 20.8 Å². The van der Waals surface area contributed by atoms with Gasteiger partial charge in [-0.25, -0.2) is 4.98 Å². The van der Waals surface area contributed by atoms with Crippen LogP contribution < -0.4 is 10.6 Å². The molecule has 0 aromatic carbocycles. The third-order valence-electron chi connectivity index (χ3n) is 1.98. The molecule has 1 rings (SSSR count). The molecule has 84 valence electrons. The van der Waals surface area contributed by atoms with Crippen LogP contribution in [0, 0.1) is 3.57 Å². The van der Waals surface area contributed by atoms with Crippen molar-refractivity contribution in [2.24, 2.45) is 0 Å². The highest BCUT2D eigenvalue weighted by atomic mass is 127. The van der Waals surface area contributed by atoms with Crippen LogP contribution in [0.15, 0.2) is 0 Å². The zero-order valence-corrected chi connectivity index (χ0v) is 12.0. The van der Waals surface area contributed by atoms with Crippen molar-refractivity contribution in [3.8, 4) is 0 Å². The van der Waals surface area contributed by atoms with E-state index in [1.807, 2.05) is 19.0 Å². The van der Waals surface area contributed by atoms with Crippen molar-refractivity contribution in [1.29, 1.82) is 0 Å². The minimum Gasteiger partial charge on any atom is -0.383 e. The van der Waals surface area contributed by atoms with E-state index in [-0.39, 0.29) is 5.41 Å². The summed E-state index contributed by atoms with van der Waals surface area (Å²) in [6, 6.07) is 0. The van der Waals surface area contributed by atoms with E-state index in [1.165, 1.54) is 0 Å². The van der Waals surface area contributed by atoms with Crippen molar-refractivity contribution in [2.75, 3.05) is 24.7 Å². The van der Waals surface area contributed by atoms with Crippen LogP contribution in [0.4, 0.5) is 11.8 Å². The van der Waals surface area contributed by atoms with Crippen molar-refractivity contribution >= 4 is 34.4 Å². The van der Waals surface area contributed by atoms with E-state index >= 15 is 0 Å². The molecule has 0 atom stereocenters. The Labute approximate surface area is 104 Å². The van der Waals surface area contributed by atoms with Gasteiger partial charge in [0.15, 0.2) is 0 Å². The number of nitrogens with zero attached hydrogens (tertiary/aromatic N) is 3. The van der Waals surface area contributed by atoms with E-state index in [4.69, 9.17) is 5.73 Å². The molecule has 1 aromatic rings. The smallest absolute Gasteiger partial charge is 0.227 e. The average Bonchev–Trinajstić information content (AvgIpc) is 2.06. The van der Waals surface area contributed by atoms with Crippen molar-refractivity contribution in [3.05, 3.63) is 9.26 Å². The minimum atomic E-state index is -0.0155. The first kappa shape index (κ1) is 12.5. The van der Waals surface area contributed by atoms with Crippen LogP contribution in [0.1, 0.15) is 26.5 Å². The molecule has 0 aliphatic rings.